The summed E-state index contributed by atoms with van der Waals surface area (Å²) in [6.45, 7) is 0. The fourth-order valence-electron chi connectivity index (χ4n) is 0.805. The maximum Gasteiger partial charge on any atom is 0.116 e. The molecule has 0 unspecified atom stereocenters. The van der Waals surface area contributed by atoms with E-state index in [1.54, 1.807) is 24.3 Å². The van der Waals surface area contributed by atoms with E-state index in [4.69, 9.17) is 10.8 Å². The largest absolute Gasteiger partial charge is 0.508 e. The standard InChI is InChI=1S/C8H7Br2NO/c9-8(10)4-5-3-6(12)1-2-7(5)11/h1-4,12H,11H2. The molecule has 0 aromatic heterocycles. The van der Waals surface area contributed by atoms with Crippen LogP contribution in [0.4, 0.5) is 5.69 Å². The fraction of sp³-hybridized carbons (Fsp3) is 0. The average Bonchev–Trinajstić information content (AvgIpc) is 1.96. The summed E-state index contributed by atoms with van der Waals surface area (Å²) in [6, 6.07) is 4.80. The van der Waals surface area contributed by atoms with Gasteiger partial charge in [-0.3, -0.25) is 0 Å². The minimum atomic E-state index is 0.205. The molecule has 0 bridgehead atoms. The van der Waals surface area contributed by atoms with Crippen LogP contribution in [0.3, 0.4) is 0 Å². The first-order valence-electron chi connectivity index (χ1n) is 3.21. The molecule has 64 valence electrons. The molecular weight excluding hydrogens is 286 g/mol. The Morgan fingerprint density at radius 3 is 2.67 bits per heavy atom. The van der Waals surface area contributed by atoms with Gasteiger partial charge in [-0.25, -0.2) is 0 Å². The number of nitrogen functional groups attached to an aromatic ring is 1. The van der Waals surface area contributed by atoms with Gasteiger partial charge in [-0.05, 0) is 56.1 Å². The number of halogens is 2. The number of phenols is 1. The number of hydrogen-bond acceptors (Lipinski definition) is 2. The predicted octanol–water partition coefficient (Wildman–Crippen LogP) is 3.06. The Kier molecular flexibility index (Phi) is 3.17. The summed E-state index contributed by atoms with van der Waals surface area (Å²) in [5.41, 5.74) is 7.05. The first-order valence-corrected chi connectivity index (χ1v) is 4.79. The highest BCUT2D eigenvalue weighted by molar-refractivity contribution is 9.28. The fourth-order valence-corrected chi connectivity index (χ4v) is 1.30. The minimum Gasteiger partial charge on any atom is -0.508 e. The van der Waals surface area contributed by atoms with E-state index in [1.807, 2.05) is 0 Å². The van der Waals surface area contributed by atoms with Crippen LogP contribution in [0.2, 0.25) is 0 Å². The lowest BCUT2D eigenvalue weighted by molar-refractivity contribution is 0.475. The zero-order valence-corrected chi connectivity index (χ0v) is 9.26. The van der Waals surface area contributed by atoms with Gasteiger partial charge >= 0.3 is 0 Å². The van der Waals surface area contributed by atoms with E-state index in [0.717, 1.165) is 8.96 Å². The molecule has 0 radical (unpaired) electrons. The quantitative estimate of drug-likeness (QED) is 0.617. The first kappa shape index (κ1) is 9.61. The van der Waals surface area contributed by atoms with Gasteiger partial charge in [0.05, 0.1) is 3.39 Å². The molecule has 0 aliphatic rings. The Hall–Kier alpha value is -0.480. The summed E-state index contributed by atoms with van der Waals surface area (Å²) in [5.74, 6) is 0.205. The summed E-state index contributed by atoms with van der Waals surface area (Å²) in [5, 5.41) is 9.13. The molecule has 1 aromatic rings. The van der Waals surface area contributed by atoms with Gasteiger partial charge in [0.25, 0.3) is 0 Å². The monoisotopic (exact) mass is 291 g/mol. The van der Waals surface area contributed by atoms with Crippen LogP contribution in [0.5, 0.6) is 5.75 Å². The van der Waals surface area contributed by atoms with Crippen LogP contribution in [-0.4, -0.2) is 5.11 Å². The van der Waals surface area contributed by atoms with E-state index in [1.165, 1.54) is 0 Å². The second-order valence-corrected chi connectivity index (χ2v) is 5.02. The van der Waals surface area contributed by atoms with Crippen LogP contribution in [0.25, 0.3) is 6.08 Å². The van der Waals surface area contributed by atoms with Gasteiger partial charge in [0.15, 0.2) is 0 Å². The molecule has 0 saturated heterocycles. The zero-order chi connectivity index (χ0) is 9.14. The van der Waals surface area contributed by atoms with E-state index in [-0.39, 0.29) is 5.75 Å². The second-order valence-electron chi connectivity index (χ2n) is 2.25. The van der Waals surface area contributed by atoms with Crippen molar-refractivity contribution in [2.75, 3.05) is 5.73 Å². The third-order valence-electron chi connectivity index (χ3n) is 1.33. The second kappa shape index (κ2) is 3.96. The first-order chi connectivity index (χ1) is 5.59. The van der Waals surface area contributed by atoms with Crippen molar-refractivity contribution >= 4 is 43.6 Å². The SMILES string of the molecule is Nc1ccc(O)cc1C=C(Br)Br. The Morgan fingerprint density at radius 1 is 1.42 bits per heavy atom. The van der Waals surface area contributed by atoms with Crippen LogP contribution >= 0.6 is 31.9 Å². The van der Waals surface area contributed by atoms with Gasteiger partial charge in [0.2, 0.25) is 0 Å². The smallest absolute Gasteiger partial charge is 0.116 e. The molecule has 0 fully saturated rings. The number of nitrogens with two attached hydrogens (primary N) is 1. The molecule has 12 heavy (non-hydrogen) atoms. The maximum atomic E-state index is 9.13. The van der Waals surface area contributed by atoms with E-state index in [0.29, 0.717) is 5.69 Å². The number of phenolic OH excluding ortho intramolecular Hbond substituents is 1. The summed E-state index contributed by atoms with van der Waals surface area (Å²) in [4.78, 5) is 0. The number of hydrogen-bond donors (Lipinski definition) is 2. The van der Waals surface area contributed by atoms with Crippen molar-refractivity contribution in [3.63, 3.8) is 0 Å². The Bertz CT molecular complexity index is 319. The highest BCUT2D eigenvalue weighted by Gasteiger charge is 1.97. The summed E-state index contributed by atoms with van der Waals surface area (Å²) < 4.78 is 0.785. The van der Waals surface area contributed by atoms with Crippen LogP contribution in [0, 0.1) is 0 Å². The van der Waals surface area contributed by atoms with Gasteiger partial charge in [-0.1, -0.05) is 0 Å². The molecule has 1 aromatic carbocycles. The van der Waals surface area contributed by atoms with Crippen molar-refractivity contribution in [3.8, 4) is 5.75 Å². The molecule has 4 heteroatoms. The molecule has 0 atom stereocenters. The summed E-state index contributed by atoms with van der Waals surface area (Å²) >= 11 is 6.42. The van der Waals surface area contributed by atoms with Gasteiger partial charge in [-0.2, -0.15) is 0 Å². The van der Waals surface area contributed by atoms with Crippen LogP contribution in [-0.2, 0) is 0 Å². The van der Waals surface area contributed by atoms with Crippen molar-refractivity contribution in [2.45, 2.75) is 0 Å². The lowest BCUT2D eigenvalue weighted by Gasteiger charge is -2.00. The normalized spacial score (nSPS) is 9.50. The Morgan fingerprint density at radius 2 is 2.08 bits per heavy atom. The molecule has 0 saturated carbocycles. The van der Waals surface area contributed by atoms with Crippen molar-refractivity contribution in [1.29, 1.82) is 0 Å². The average molecular weight is 293 g/mol. The molecule has 0 spiro atoms. The highest BCUT2D eigenvalue weighted by atomic mass is 79.9. The highest BCUT2D eigenvalue weighted by Crippen LogP contribution is 2.24. The van der Waals surface area contributed by atoms with E-state index < -0.39 is 0 Å². The van der Waals surface area contributed by atoms with Crippen molar-refractivity contribution < 1.29 is 5.11 Å². The predicted molar refractivity (Wildman–Crippen MR) is 58.4 cm³/mol. The molecule has 0 aliphatic heterocycles. The van der Waals surface area contributed by atoms with Gasteiger partial charge in [-0.15, -0.1) is 0 Å². The van der Waals surface area contributed by atoms with Crippen molar-refractivity contribution in [3.05, 3.63) is 27.2 Å². The maximum absolute atomic E-state index is 9.13. The number of benzene rings is 1. The van der Waals surface area contributed by atoms with E-state index in [9.17, 15) is 0 Å². The molecule has 0 aliphatic carbocycles. The third kappa shape index (κ3) is 2.53. The topological polar surface area (TPSA) is 46.2 Å². The van der Waals surface area contributed by atoms with Crippen molar-refractivity contribution in [2.24, 2.45) is 0 Å². The zero-order valence-electron chi connectivity index (χ0n) is 6.09. The van der Waals surface area contributed by atoms with Gasteiger partial charge in [0.1, 0.15) is 5.75 Å². The van der Waals surface area contributed by atoms with Crippen LogP contribution in [0.15, 0.2) is 21.6 Å². The van der Waals surface area contributed by atoms with Crippen LogP contribution in [0.1, 0.15) is 5.56 Å². The number of rotatable bonds is 1. The lowest BCUT2D eigenvalue weighted by atomic mass is 10.2. The van der Waals surface area contributed by atoms with Crippen molar-refractivity contribution in [1.82, 2.24) is 0 Å². The number of anilines is 1. The Balaban J connectivity index is 3.14. The molecule has 0 heterocycles. The summed E-state index contributed by atoms with van der Waals surface area (Å²) in [6.07, 6.45) is 1.77. The van der Waals surface area contributed by atoms with Gasteiger partial charge < -0.3 is 10.8 Å². The molecule has 0 amide bonds. The lowest BCUT2D eigenvalue weighted by Crippen LogP contribution is -1.87. The molecular formula is C8H7Br2NO. The molecule has 2 nitrogen and oxygen atoms in total. The Labute approximate surface area is 87.3 Å². The minimum absolute atomic E-state index is 0.205. The van der Waals surface area contributed by atoms with E-state index in [2.05, 4.69) is 31.9 Å². The summed E-state index contributed by atoms with van der Waals surface area (Å²) in [7, 11) is 0. The van der Waals surface area contributed by atoms with Crippen LogP contribution < -0.4 is 5.73 Å². The number of aromatic hydroxyl groups is 1. The molecule has 3 N–H and O–H groups in total. The molecule has 1 rings (SSSR count). The van der Waals surface area contributed by atoms with Gasteiger partial charge in [0, 0.05) is 11.3 Å². The third-order valence-corrected chi connectivity index (χ3v) is 1.79. The van der Waals surface area contributed by atoms with E-state index >= 15 is 0 Å².